The number of ether oxygens (including phenoxy) is 1. The van der Waals surface area contributed by atoms with Crippen molar-refractivity contribution in [2.24, 2.45) is 0 Å². The first-order valence-corrected chi connectivity index (χ1v) is 10.6. The highest BCUT2D eigenvalue weighted by Gasteiger charge is 2.32. The number of likely N-dealkylation sites (tertiary alicyclic amines) is 1. The zero-order chi connectivity index (χ0) is 23.3. The second kappa shape index (κ2) is 9.76. The molecule has 1 aliphatic rings. The molecule has 0 unspecified atom stereocenters. The van der Waals surface area contributed by atoms with Crippen LogP contribution >= 0.6 is 0 Å². The molecule has 1 aliphatic heterocycles. The Morgan fingerprint density at radius 2 is 1.94 bits per heavy atom. The van der Waals surface area contributed by atoms with Gasteiger partial charge in [0.25, 0.3) is 0 Å². The van der Waals surface area contributed by atoms with Gasteiger partial charge in [0.1, 0.15) is 11.4 Å². The number of amides is 3. The molecular weight excluding hydrogens is 410 g/mol. The van der Waals surface area contributed by atoms with Crippen LogP contribution in [0.15, 0.2) is 36.8 Å². The van der Waals surface area contributed by atoms with Crippen LogP contribution in [0.5, 0.6) is 0 Å². The molecule has 2 aromatic heterocycles. The van der Waals surface area contributed by atoms with Crippen molar-refractivity contribution >= 4 is 29.4 Å². The fourth-order valence-corrected chi connectivity index (χ4v) is 3.58. The summed E-state index contributed by atoms with van der Waals surface area (Å²) in [6.45, 7) is 7.55. The predicted octanol–water partition coefficient (Wildman–Crippen LogP) is 3.82. The Bertz CT molecular complexity index is 988. The molecular formula is C23H29N5O4. The number of nitrogens with one attached hydrogen (secondary N) is 2. The van der Waals surface area contributed by atoms with Gasteiger partial charge in [-0.2, -0.15) is 0 Å². The van der Waals surface area contributed by atoms with Crippen molar-refractivity contribution in [3.63, 3.8) is 0 Å². The highest BCUT2D eigenvalue weighted by molar-refractivity contribution is 6.39. The third-order valence-electron chi connectivity index (χ3n) is 4.98. The van der Waals surface area contributed by atoms with Crippen molar-refractivity contribution < 1.29 is 19.1 Å². The van der Waals surface area contributed by atoms with Crippen molar-refractivity contribution in [1.82, 2.24) is 14.9 Å². The lowest BCUT2D eigenvalue weighted by atomic mass is 9.96. The Hall–Kier alpha value is -3.49. The van der Waals surface area contributed by atoms with E-state index in [-0.39, 0.29) is 6.04 Å². The number of rotatable bonds is 3. The Balaban J connectivity index is 1.66. The van der Waals surface area contributed by atoms with Gasteiger partial charge in [-0.1, -0.05) is 6.07 Å². The minimum absolute atomic E-state index is 0.170. The van der Waals surface area contributed by atoms with Crippen LogP contribution in [-0.2, 0) is 14.3 Å². The number of carbonyl (C=O) groups is 3. The molecule has 1 saturated heterocycles. The van der Waals surface area contributed by atoms with Crippen LogP contribution < -0.4 is 10.6 Å². The zero-order valence-electron chi connectivity index (χ0n) is 18.8. The molecule has 3 amide bonds. The van der Waals surface area contributed by atoms with Crippen molar-refractivity contribution in [2.75, 3.05) is 17.2 Å². The lowest BCUT2D eigenvalue weighted by molar-refractivity contribution is -0.145. The van der Waals surface area contributed by atoms with Gasteiger partial charge in [0, 0.05) is 18.9 Å². The number of anilines is 2. The molecule has 3 rings (SSSR count). The summed E-state index contributed by atoms with van der Waals surface area (Å²) in [5.74, 6) is -1.00. The van der Waals surface area contributed by atoms with Crippen LogP contribution in [0.3, 0.4) is 0 Å². The smallest absolute Gasteiger partial charge is 0.413 e. The van der Waals surface area contributed by atoms with E-state index < -0.39 is 23.5 Å². The van der Waals surface area contributed by atoms with Gasteiger partial charge in [0.2, 0.25) is 0 Å². The summed E-state index contributed by atoms with van der Waals surface area (Å²) < 4.78 is 5.22. The fraction of sp³-hybridized carbons (Fsp3) is 0.435. The molecule has 9 nitrogen and oxygen atoms in total. The van der Waals surface area contributed by atoms with Gasteiger partial charge in [-0.15, -0.1) is 0 Å². The predicted molar refractivity (Wildman–Crippen MR) is 120 cm³/mol. The third-order valence-corrected chi connectivity index (χ3v) is 4.98. The van der Waals surface area contributed by atoms with Crippen LogP contribution in [0, 0.1) is 6.92 Å². The van der Waals surface area contributed by atoms with Crippen molar-refractivity contribution in [2.45, 2.75) is 58.6 Å². The molecule has 2 N–H and O–H groups in total. The average molecular weight is 440 g/mol. The van der Waals surface area contributed by atoms with E-state index in [2.05, 4.69) is 20.6 Å². The summed E-state index contributed by atoms with van der Waals surface area (Å²) in [5.41, 5.74) is 1.27. The second-order valence-electron chi connectivity index (χ2n) is 8.77. The maximum absolute atomic E-state index is 12.9. The van der Waals surface area contributed by atoms with Crippen LogP contribution in [0.4, 0.5) is 16.3 Å². The number of carbonyl (C=O) groups excluding carboxylic acids is 3. The van der Waals surface area contributed by atoms with Gasteiger partial charge in [-0.3, -0.25) is 19.9 Å². The number of hydrogen-bond acceptors (Lipinski definition) is 6. The first-order valence-electron chi connectivity index (χ1n) is 10.6. The summed E-state index contributed by atoms with van der Waals surface area (Å²) in [5, 5.41) is 5.20. The Kier molecular flexibility index (Phi) is 7.07. The van der Waals surface area contributed by atoms with Crippen LogP contribution in [0.25, 0.3) is 0 Å². The maximum atomic E-state index is 12.9. The zero-order valence-corrected chi connectivity index (χ0v) is 18.8. The SMILES string of the molecule is Cc1cc(NC(=O)C(=O)N2CCCC[C@H]2c2cccnc2)cnc1NC(=O)OC(C)(C)C. The molecule has 2 aromatic rings. The topological polar surface area (TPSA) is 114 Å². The molecule has 1 fully saturated rings. The van der Waals surface area contributed by atoms with E-state index in [0.717, 1.165) is 24.8 Å². The maximum Gasteiger partial charge on any atom is 0.413 e. The quantitative estimate of drug-likeness (QED) is 0.703. The van der Waals surface area contributed by atoms with Crippen LogP contribution in [0.2, 0.25) is 0 Å². The number of aryl methyl sites for hydroxylation is 1. The number of aromatic nitrogens is 2. The van der Waals surface area contributed by atoms with Gasteiger partial charge in [-0.25, -0.2) is 9.78 Å². The molecule has 0 spiro atoms. The highest BCUT2D eigenvalue weighted by Crippen LogP contribution is 2.30. The largest absolute Gasteiger partial charge is 0.444 e. The average Bonchev–Trinajstić information content (AvgIpc) is 2.74. The first-order chi connectivity index (χ1) is 15.1. The Morgan fingerprint density at radius 1 is 1.16 bits per heavy atom. The summed E-state index contributed by atoms with van der Waals surface area (Å²) in [4.78, 5) is 47.5. The summed E-state index contributed by atoms with van der Waals surface area (Å²) in [7, 11) is 0. The first kappa shape index (κ1) is 23.2. The molecule has 0 aromatic carbocycles. The monoisotopic (exact) mass is 439 g/mol. The van der Waals surface area contributed by atoms with Gasteiger partial charge in [-0.05, 0) is 70.2 Å². The van der Waals surface area contributed by atoms with Crippen molar-refractivity contribution in [3.8, 4) is 0 Å². The van der Waals surface area contributed by atoms with E-state index in [0.29, 0.717) is 23.6 Å². The van der Waals surface area contributed by atoms with E-state index in [4.69, 9.17) is 4.74 Å². The van der Waals surface area contributed by atoms with Crippen molar-refractivity contribution in [3.05, 3.63) is 47.9 Å². The normalized spacial score (nSPS) is 16.2. The minimum Gasteiger partial charge on any atom is -0.444 e. The molecule has 0 aliphatic carbocycles. The minimum atomic E-state index is -0.727. The molecule has 3 heterocycles. The molecule has 9 heteroatoms. The number of nitrogens with zero attached hydrogens (tertiary/aromatic N) is 3. The second-order valence-corrected chi connectivity index (χ2v) is 8.77. The Morgan fingerprint density at radius 3 is 2.59 bits per heavy atom. The van der Waals surface area contributed by atoms with E-state index in [1.807, 2.05) is 12.1 Å². The summed E-state index contributed by atoms with van der Waals surface area (Å²) >= 11 is 0. The molecule has 1 atom stereocenters. The van der Waals surface area contributed by atoms with E-state index in [1.54, 1.807) is 51.1 Å². The lowest BCUT2D eigenvalue weighted by Gasteiger charge is -2.35. The number of hydrogen-bond donors (Lipinski definition) is 2. The van der Waals surface area contributed by atoms with Gasteiger partial charge in [0.15, 0.2) is 0 Å². The van der Waals surface area contributed by atoms with E-state index in [1.165, 1.54) is 6.20 Å². The van der Waals surface area contributed by atoms with Crippen LogP contribution in [0.1, 0.15) is 57.2 Å². The summed E-state index contributed by atoms with van der Waals surface area (Å²) in [6.07, 6.45) is 6.81. The molecule has 0 radical (unpaired) electrons. The molecule has 32 heavy (non-hydrogen) atoms. The van der Waals surface area contributed by atoms with Crippen molar-refractivity contribution in [1.29, 1.82) is 0 Å². The highest BCUT2D eigenvalue weighted by atomic mass is 16.6. The Labute approximate surface area is 187 Å². The standard InChI is InChI=1S/C23H29N5O4/c1-15-12-17(14-25-19(15)27-22(31)32-23(2,3)4)26-20(29)21(30)28-11-6-5-9-18(28)16-8-7-10-24-13-16/h7-8,10,12-14,18H,5-6,9,11H2,1-4H3,(H,26,29)(H,25,27,31)/t18-/m0/s1. The van der Waals surface area contributed by atoms with Gasteiger partial charge < -0.3 is 15.0 Å². The number of piperidine rings is 1. The van der Waals surface area contributed by atoms with E-state index >= 15 is 0 Å². The molecule has 0 saturated carbocycles. The van der Waals surface area contributed by atoms with Crippen LogP contribution in [-0.4, -0.2) is 44.9 Å². The lowest BCUT2D eigenvalue weighted by Crippen LogP contribution is -2.44. The third kappa shape index (κ3) is 6.03. The fourth-order valence-electron chi connectivity index (χ4n) is 3.58. The van der Waals surface area contributed by atoms with Gasteiger partial charge >= 0.3 is 17.9 Å². The summed E-state index contributed by atoms with van der Waals surface area (Å²) in [6, 6.07) is 5.22. The molecule has 170 valence electrons. The van der Waals surface area contributed by atoms with E-state index in [9.17, 15) is 14.4 Å². The van der Waals surface area contributed by atoms with Gasteiger partial charge in [0.05, 0.1) is 17.9 Å². The molecule has 0 bridgehead atoms. The number of pyridine rings is 2.